The standard InChI is InChI=1S/C28H36F5N7O3.C24H31F3N4O2/c1-27(29,30)19-13-18(14-20(15-19)28(31,32)33)24(37)39-26(43)22(8-7-17-5-3-2-4-6-17)38-25(42)21(36)16-23(41)40(11-9-34)12-10-35;25-24(26,27)19-9-6-10-20(17-19)30-23(33)21(13-12-18-7-2-1-3-8-18)31-22(32)11-4-5-15-29-16-14-28/h2-6,13-15,21-22H,7-12,16,34-36H2,1H3,(H,38,42)(H2,37,39,43);1-3,6-10,17,21,29H,4-5,11-16,28H2,(H,30,33)(H,31,32)/t21-,22-;21-/m01/s1. The van der Waals surface area contributed by atoms with Crippen LogP contribution >= 0.6 is 0 Å². The SMILES string of the molecule is CC(F)(F)c1cc(C(=N)NC(=O)[C@H](CCc2ccccc2)NC(=O)[C@@H](N)CC(=O)N(CCN)CCN)cc(C(F)(F)F)c1.NCCNCCCCC(=O)N[C@H](CCc1ccccc1)C(=O)Nc1cccc(C(F)(F)F)c1. The fourth-order valence-corrected chi connectivity index (χ4v) is 7.31. The van der Waals surface area contributed by atoms with Crippen LogP contribution < -0.4 is 49.5 Å². The van der Waals surface area contributed by atoms with Gasteiger partial charge in [-0.3, -0.25) is 29.4 Å². The normalized spacial score (nSPS) is 12.8. The lowest BCUT2D eigenvalue weighted by Crippen LogP contribution is -2.53. The van der Waals surface area contributed by atoms with E-state index >= 15 is 0 Å². The molecule has 5 amide bonds. The number of amides is 5. The molecule has 16 nitrogen and oxygen atoms in total. The summed E-state index contributed by atoms with van der Waals surface area (Å²) in [5.41, 5.74) is 20.3. The molecule has 0 heterocycles. The lowest BCUT2D eigenvalue weighted by atomic mass is 10.0. The second kappa shape index (κ2) is 31.3. The van der Waals surface area contributed by atoms with E-state index in [-0.39, 0.29) is 63.1 Å². The van der Waals surface area contributed by atoms with Gasteiger partial charge in [-0.2, -0.15) is 26.3 Å². The van der Waals surface area contributed by atoms with Crippen LogP contribution in [-0.2, 0) is 55.1 Å². The zero-order chi connectivity index (χ0) is 56.5. The minimum atomic E-state index is -5.00. The Kier molecular flexibility index (Phi) is 26.1. The number of alkyl halides is 8. The third kappa shape index (κ3) is 22.9. The van der Waals surface area contributed by atoms with E-state index in [4.69, 9.17) is 28.3 Å². The highest BCUT2D eigenvalue weighted by Gasteiger charge is 2.36. The van der Waals surface area contributed by atoms with Crippen molar-refractivity contribution in [3.63, 3.8) is 0 Å². The molecule has 0 bridgehead atoms. The summed E-state index contributed by atoms with van der Waals surface area (Å²) in [7, 11) is 0. The van der Waals surface area contributed by atoms with E-state index in [1.807, 2.05) is 30.3 Å². The van der Waals surface area contributed by atoms with Gasteiger partial charge in [0.05, 0.1) is 23.6 Å². The van der Waals surface area contributed by atoms with E-state index in [0.717, 1.165) is 36.2 Å². The van der Waals surface area contributed by atoms with Gasteiger partial charge in [0.2, 0.25) is 29.5 Å². The Morgan fingerprint density at radius 2 is 1.17 bits per heavy atom. The molecule has 3 atom stereocenters. The number of hydrogen-bond donors (Lipinski definition) is 10. The maximum atomic E-state index is 13.9. The van der Waals surface area contributed by atoms with Gasteiger partial charge in [-0.05, 0) is 92.6 Å². The third-order valence-electron chi connectivity index (χ3n) is 11.4. The molecule has 0 saturated carbocycles. The zero-order valence-corrected chi connectivity index (χ0v) is 42.0. The van der Waals surface area contributed by atoms with E-state index in [2.05, 4.69) is 26.6 Å². The van der Waals surface area contributed by atoms with Crippen LogP contribution in [0.1, 0.15) is 78.8 Å². The molecular formula is C52H67F8N11O5. The van der Waals surface area contributed by atoms with Crippen molar-refractivity contribution in [2.75, 3.05) is 51.1 Å². The highest BCUT2D eigenvalue weighted by Crippen LogP contribution is 2.35. The summed E-state index contributed by atoms with van der Waals surface area (Å²) < 4.78 is 107. The number of rotatable bonds is 27. The van der Waals surface area contributed by atoms with Crippen molar-refractivity contribution in [1.29, 1.82) is 5.41 Å². The summed E-state index contributed by atoms with van der Waals surface area (Å²) in [6.45, 7) is 3.11. The molecule has 0 aliphatic heterocycles. The lowest BCUT2D eigenvalue weighted by molar-refractivity contribution is -0.138. The van der Waals surface area contributed by atoms with E-state index in [1.165, 1.54) is 17.0 Å². The molecule has 4 aromatic rings. The topological polar surface area (TPSA) is 277 Å². The minimum Gasteiger partial charge on any atom is -0.344 e. The molecule has 0 aliphatic carbocycles. The summed E-state index contributed by atoms with van der Waals surface area (Å²) in [6.07, 6.45) is -7.16. The van der Waals surface area contributed by atoms with Crippen molar-refractivity contribution in [3.05, 3.63) is 137 Å². The first-order valence-electron chi connectivity index (χ1n) is 24.4. The monoisotopic (exact) mass is 1080 g/mol. The molecule has 0 radical (unpaired) electrons. The molecule has 0 spiro atoms. The Bertz CT molecular complexity index is 2440. The summed E-state index contributed by atoms with van der Waals surface area (Å²) >= 11 is 0. The summed E-state index contributed by atoms with van der Waals surface area (Å²) in [5, 5.41) is 21.1. The van der Waals surface area contributed by atoms with E-state index in [9.17, 15) is 59.1 Å². The highest BCUT2D eigenvalue weighted by molar-refractivity contribution is 6.08. The van der Waals surface area contributed by atoms with Gasteiger partial charge in [0.1, 0.15) is 17.9 Å². The third-order valence-corrected chi connectivity index (χ3v) is 11.4. The van der Waals surface area contributed by atoms with Gasteiger partial charge in [0.15, 0.2) is 0 Å². The Hall–Kier alpha value is -6.86. The molecule has 4 aromatic carbocycles. The molecule has 14 N–H and O–H groups in total. The van der Waals surface area contributed by atoms with Crippen molar-refractivity contribution < 1.29 is 59.1 Å². The zero-order valence-electron chi connectivity index (χ0n) is 42.0. The minimum absolute atomic E-state index is 0.0249. The molecule has 24 heteroatoms. The van der Waals surface area contributed by atoms with Crippen molar-refractivity contribution in [2.45, 2.75) is 94.7 Å². The van der Waals surface area contributed by atoms with Gasteiger partial charge in [0, 0.05) is 69.4 Å². The number of anilines is 1. The number of amidine groups is 1. The number of hydrogen-bond acceptors (Lipinski definition) is 11. The second-order valence-corrected chi connectivity index (χ2v) is 17.6. The Morgan fingerprint density at radius 3 is 1.70 bits per heavy atom. The number of nitrogens with two attached hydrogens (primary N) is 4. The predicted molar refractivity (Wildman–Crippen MR) is 273 cm³/mol. The Labute approximate surface area is 436 Å². The van der Waals surface area contributed by atoms with Crippen LogP contribution in [0, 0.1) is 5.41 Å². The molecule has 4 rings (SSSR count). The number of aryl methyl sites for hydroxylation is 2. The first kappa shape index (κ1) is 63.4. The second-order valence-electron chi connectivity index (χ2n) is 17.6. The van der Waals surface area contributed by atoms with Crippen molar-refractivity contribution in [3.8, 4) is 0 Å². The van der Waals surface area contributed by atoms with Crippen LogP contribution in [0.4, 0.5) is 40.8 Å². The number of nitrogens with zero attached hydrogens (tertiary/aromatic N) is 1. The lowest BCUT2D eigenvalue weighted by Gasteiger charge is -2.24. The molecule has 0 fully saturated rings. The molecule has 76 heavy (non-hydrogen) atoms. The molecule has 0 saturated heterocycles. The van der Waals surface area contributed by atoms with Gasteiger partial charge < -0.3 is 54.4 Å². The molecule has 0 aliphatic rings. The molecule has 0 unspecified atom stereocenters. The van der Waals surface area contributed by atoms with E-state index < -0.39 is 94.5 Å². The number of nitrogens with one attached hydrogen (secondary N) is 6. The fourth-order valence-electron chi connectivity index (χ4n) is 7.31. The summed E-state index contributed by atoms with van der Waals surface area (Å²) in [4.78, 5) is 65.3. The quantitative estimate of drug-likeness (QED) is 0.0159. The molecule has 416 valence electrons. The van der Waals surface area contributed by atoms with Gasteiger partial charge in [-0.15, -0.1) is 0 Å². The van der Waals surface area contributed by atoms with Crippen LogP contribution in [0.25, 0.3) is 0 Å². The number of carbonyl (C=O) groups excluding carboxylic acids is 5. The van der Waals surface area contributed by atoms with Crippen LogP contribution in [0.3, 0.4) is 0 Å². The van der Waals surface area contributed by atoms with Gasteiger partial charge in [-0.1, -0.05) is 66.7 Å². The summed E-state index contributed by atoms with van der Waals surface area (Å²) in [6, 6.07) is 20.5. The first-order valence-corrected chi connectivity index (χ1v) is 24.4. The van der Waals surface area contributed by atoms with Crippen LogP contribution in [0.2, 0.25) is 0 Å². The van der Waals surface area contributed by atoms with Crippen LogP contribution in [0.15, 0.2) is 103 Å². The van der Waals surface area contributed by atoms with Gasteiger partial charge in [0.25, 0.3) is 5.92 Å². The fraction of sp³-hybridized carbons (Fsp3) is 0.423. The first-order chi connectivity index (χ1) is 35.9. The van der Waals surface area contributed by atoms with Crippen molar-refractivity contribution >= 4 is 41.1 Å². The Balaban J connectivity index is 0.000000414. The van der Waals surface area contributed by atoms with Crippen molar-refractivity contribution in [2.24, 2.45) is 22.9 Å². The maximum absolute atomic E-state index is 13.9. The van der Waals surface area contributed by atoms with E-state index in [1.54, 1.807) is 30.3 Å². The van der Waals surface area contributed by atoms with Gasteiger partial charge >= 0.3 is 12.4 Å². The predicted octanol–water partition coefficient (Wildman–Crippen LogP) is 5.32. The molecular weight excluding hydrogens is 1010 g/mol. The van der Waals surface area contributed by atoms with Gasteiger partial charge in [-0.25, -0.2) is 8.78 Å². The number of unbranched alkanes of at least 4 members (excludes halogenated alkanes) is 1. The largest absolute Gasteiger partial charge is 0.416 e. The number of benzene rings is 4. The van der Waals surface area contributed by atoms with Crippen LogP contribution in [-0.4, -0.2) is 104 Å². The average molecular weight is 1080 g/mol. The van der Waals surface area contributed by atoms with Crippen LogP contribution in [0.5, 0.6) is 0 Å². The number of carbonyl (C=O) groups is 5. The Morgan fingerprint density at radius 1 is 0.618 bits per heavy atom. The highest BCUT2D eigenvalue weighted by atomic mass is 19.4. The molecule has 0 aromatic heterocycles. The number of halogens is 8. The smallest absolute Gasteiger partial charge is 0.344 e. The average Bonchev–Trinajstić information content (AvgIpc) is 3.37. The van der Waals surface area contributed by atoms with Crippen molar-refractivity contribution in [1.82, 2.24) is 26.2 Å². The maximum Gasteiger partial charge on any atom is 0.416 e. The van der Waals surface area contributed by atoms with E-state index in [0.29, 0.717) is 51.4 Å². The summed E-state index contributed by atoms with van der Waals surface area (Å²) in [5.74, 6) is -7.74.